The van der Waals surface area contributed by atoms with E-state index in [1.54, 1.807) is 30.5 Å². The van der Waals surface area contributed by atoms with E-state index in [4.69, 9.17) is 0 Å². The number of carbonyl (C=O) groups excluding carboxylic acids is 2. The van der Waals surface area contributed by atoms with Crippen molar-refractivity contribution in [2.75, 3.05) is 45.6 Å². The van der Waals surface area contributed by atoms with Gasteiger partial charge in [-0.1, -0.05) is 33.6 Å². The lowest BCUT2D eigenvalue weighted by molar-refractivity contribution is 0.0827. The van der Waals surface area contributed by atoms with Gasteiger partial charge >= 0.3 is 0 Å². The monoisotopic (exact) mass is 548 g/mol. The van der Waals surface area contributed by atoms with Crippen LogP contribution in [0.2, 0.25) is 0 Å². The number of benzene rings is 1. The van der Waals surface area contributed by atoms with Crippen molar-refractivity contribution in [3.8, 4) is 0 Å². The highest BCUT2D eigenvalue weighted by atomic mass is 32.2. The molecule has 0 unspecified atom stereocenters. The molecule has 1 N–H and O–H groups in total. The molecule has 1 aromatic heterocycles. The first-order valence-corrected chi connectivity index (χ1v) is 15.4. The van der Waals surface area contributed by atoms with Gasteiger partial charge in [0.25, 0.3) is 11.8 Å². The lowest BCUT2D eigenvalue weighted by Gasteiger charge is -2.25. The van der Waals surface area contributed by atoms with Crippen molar-refractivity contribution in [1.82, 2.24) is 14.1 Å². The maximum Gasteiger partial charge on any atom is 0.256 e. The molecule has 1 aromatic carbocycles. The second-order valence-corrected chi connectivity index (χ2v) is 12.7. The SMILES string of the molecule is CCCCN(CCCC)S(=O)(=O)c1ccc(C(=O)Nc2sc3c(c2C(=O)N(C)C)CCN(CC)C3)cc1. The van der Waals surface area contributed by atoms with Crippen LogP contribution in [0.1, 0.15) is 77.6 Å². The molecule has 0 atom stereocenters. The number of fused-ring (bicyclic) bond motifs is 1. The molecule has 37 heavy (non-hydrogen) atoms. The molecule has 8 nitrogen and oxygen atoms in total. The summed E-state index contributed by atoms with van der Waals surface area (Å²) in [6.07, 6.45) is 4.20. The maximum atomic E-state index is 13.2. The van der Waals surface area contributed by atoms with E-state index in [1.165, 1.54) is 28.4 Å². The number of nitrogens with zero attached hydrogens (tertiary/aromatic N) is 3. The molecule has 2 amide bonds. The molecule has 1 aliphatic rings. The molecule has 0 saturated heterocycles. The molecule has 10 heteroatoms. The Bertz CT molecular complexity index is 1180. The molecule has 1 aliphatic heterocycles. The zero-order valence-corrected chi connectivity index (χ0v) is 24.3. The fourth-order valence-corrected chi connectivity index (χ4v) is 7.18. The van der Waals surface area contributed by atoms with E-state index in [0.29, 0.717) is 29.2 Å². The third kappa shape index (κ3) is 6.79. The summed E-state index contributed by atoms with van der Waals surface area (Å²) in [6, 6.07) is 6.08. The molecule has 3 rings (SSSR count). The summed E-state index contributed by atoms with van der Waals surface area (Å²) in [6.45, 7) is 9.75. The molecule has 2 heterocycles. The molecular weight excluding hydrogens is 508 g/mol. The largest absolute Gasteiger partial charge is 0.345 e. The lowest BCUT2D eigenvalue weighted by atomic mass is 10.0. The Balaban J connectivity index is 1.84. The Hall–Kier alpha value is -2.27. The summed E-state index contributed by atoms with van der Waals surface area (Å²) >= 11 is 1.45. The first kappa shape index (κ1) is 29.3. The smallest absolute Gasteiger partial charge is 0.256 e. The fraction of sp³-hybridized carbons (Fsp3) is 0.556. The van der Waals surface area contributed by atoms with Crippen molar-refractivity contribution in [2.24, 2.45) is 0 Å². The summed E-state index contributed by atoms with van der Waals surface area (Å²) in [7, 11) is -0.214. The first-order valence-electron chi connectivity index (χ1n) is 13.1. The van der Waals surface area contributed by atoms with Crippen LogP contribution in [0, 0.1) is 0 Å². The zero-order chi connectivity index (χ0) is 27.2. The van der Waals surface area contributed by atoms with Crippen LogP contribution in [-0.2, 0) is 23.0 Å². The van der Waals surface area contributed by atoms with Crippen molar-refractivity contribution in [1.29, 1.82) is 0 Å². The van der Waals surface area contributed by atoms with E-state index >= 15 is 0 Å². The number of carbonyl (C=O) groups is 2. The zero-order valence-electron chi connectivity index (χ0n) is 22.7. The summed E-state index contributed by atoms with van der Waals surface area (Å²) in [5.74, 6) is -0.491. The van der Waals surface area contributed by atoms with Crippen molar-refractivity contribution in [3.63, 3.8) is 0 Å². The van der Waals surface area contributed by atoms with E-state index in [2.05, 4.69) is 17.1 Å². The topological polar surface area (TPSA) is 90.0 Å². The third-order valence-electron chi connectivity index (χ3n) is 6.71. The number of sulfonamides is 1. The predicted molar refractivity (Wildman–Crippen MR) is 150 cm³/mol. The standard InChI is InChI=1S/C27H40N4O4S2/c1-6-9-16-31(17-10-7-2)37(34,35)21-13-11-20(12-14-21)25(32)28-26-24(27(33)29(4)5)22-15-18-30(8-3)19-23(22)36-26/h11-14H,6-10,15-19H2,1-5H3,(H,28,32). The van der Waals surface area contributed by atoms with Gasteiger partial charge < -0.3 is 10.2 Å². The highest BCUT2D eigenvalue weighted by Gasteiger charge is 2.29. The summed E-state index contributed by atoms with van der Waals surface area (Å²) < 4.78 is 28.0. The first-order chi connectivity index (χ1) is 17.6. The van der Waals surface area contributed by atoms with Crippen LogP contribution >= 0.6 is 11.3 Å². The van der Waals surface area contributed by atoms with Gasteiger partial charge in [-0.25, -0.2) is 8.42 Å². The van der Waals surface area contributed by atoms with Gasteiger partial charge in [0.2, 0.25) is 10.0 Å². The number of unbranched alkanes of at least 4 members (excludes halogenated alkanes) is 2. The van der Waals surface area contributed by atoms with Crippen LogP contribution in [-0.4, -0.2) is 74.6 Å². The molecule has 204 valence electrons. The molecule has 0 bridgehead atoms. The molecular formula is C27H40N4O4S2. The molecule has 0 saturated carbocycles. The number of nitrogens with one attached hydrogen (secondary N) is 1. The van der Waals surface area contributed by atoms with Crippen LogP contribution in [0.5, 0.6) is 0 Å². The minimum Gasteiger partial charge on any atom is -0.345 e. The second-order valence-electron chi connectivity index (χ2n) is 9.62. The van der Waals surface area contributed by atoms with Crippen molar-refractivity contribution >= 4 is 38.2 Å². The van der Waals surface area contributed by atoms with Crippen molar-refractivity contribution in [2.45, 2.75) is 64.3 Å². The van der Waals surface area contributed by atoms with Gasteiger partial charge in [0, 0.05) is 50.7 Å². The molecule has 0 spiro atoms. The number of amides is 2. The van der Waals surface area contributed by atoms with Gasteiger partial charge in [-0.05, 0) is 55.6 Å². The van der Waals surface area contributed by atoms with Gasteiger partial charge in [0.1, 0.15) is 5.00 Å². The van der Waals surface area contributed by atoms with Crippen molar-refractivity contribution < 1.29 is 18.0 Å². The summed E-state index contributed by atoms with van der Waals surface area (Å²) in [5.41, 5.74) is 1.93. The van der Waals surface area contributed by atoms with Crippen LogP contribution in [0.4, 0.5) is 5.00 Å². The van der Waals surface area contributed by atoms with Crippen molar-refractivity contribution in [3.05, 3.63) is 45.8 Å². The van der Waals surface area contributed by atoms with E-state index in [0.717, 1.165) is 62.2 Å². The van der Waals surface area contributed by atoms with Gasteiger partial charge in [-0.15, -0.1) is 11.3 Å². The minimum absolute atomic E-state index is 0.126. The lowest BCUT2D eigenvalue weighted by Crippen LogP contribution is -2.33. The average Bonchev–Trinajstić information content (AvgIpc) is 3.24. The highest BCUT2D eigenvalue weighted by Crippen LogP contribution is 2.38. The number of thiophene rings is 1. The maximum absolute atomic E-state index is 13.2. The third-order valence-corrected chi connectivity index (χ3v) is 9.75. The van der Waals surface area contributed by atoms with E-state index in [1.807, 2.05) is 13.8 Å². The quantitative estimate of drug-likeness (QED) is 0.416. The molecule has 0 radical (unpaired) electrons. The van der Waals surface area contributed by atoms with Crippen LogP contribution in [0.3, 0.4) is 0 Å². The van der Waals surface area contributed by atoms with E-state index in [9.17, 15) is 18.0 Å². The van der Waals surface area contributed by atoms with Gasteiger partial charge in [-0.3, -0.25) is 14.5 Å². The van der Waals surface area contributed by atoms with Crippen LogP contribution in [0.25, 0.3) is 0 Å². The van der Waals surface area contributed by atoms with E-state index < -0.39 is 10.0 Å². The Morgan fingerprint density at radius 2 is 1.65 bits per heavy atom. The average molecular weight is 549 g/mol. The minimum atomic E-state index is -3.64. The van der Waals surface area contributed by atoms with Gasteiger partial charge in [0.05, 0.1) is 10.5 Å². The number of rotatable bonds is 12. The highest BCUT2D eigenvalue weighted by molar-refractivity contribution is 7.89. The Kier molecular flexibility index (Phi) is 10.3. The number of anilines is 1. The second kappa shape index (κ2) is 13.0. The molecule has 0 aliphatic carbocycles. The summed E-state index contributed by atoms with van der Waals surface area (Å²) in [5, 5.41) is 3.49. The summed E-state index contributed by atoms with van der Waals surface area (Å²) in [4.78, 5) is 31.3. The fourth-order valence-electron chi connectivity index (χ4n) is 4.39. The van der Waals surface area contributed by atoms with E-state index in [-0.39, 0.29) is 16.7 Å². The number of hydrogen-bond donors (Lipinski definition) is 1. The Morgan fingerprint density at radius 3 is 2.19 bits per heavy atom. The predicted octanol–water partition coefficient (Wildman–Crippen LogP) is 4.67. The molecule has 2 aromatic rings. The van der Waals surface area contributed by atoms with Gasteiger partial charge in [0.15, 0.2) is 0 Å². The number of likely N-dealkylation sites (N-methyl/N-ethyl adjacent to an activating group) is 1. The van der Waals surface area contributed by atoms with Crippen LogP contribution in [0.15, 0.2) is 29.2 Å². The Morgan fingerprint density at radius 1 is 1.03 bits per heavy atom. The number of hydrogen-bond acceptors (Lipinski definition) is 6. The normalized spacial score (nSPS) is 14.0. The van der Waals surface area contributed by atoms with Crippen LogP contribution < -0.4 is 5.32 Å². The molecule has 0 fully saturated rings. The van der Waals surface area contributed by atoms with Gasteiger partial charge in [-0.2, -0.15) is 4.31 Å². The Labute approximate surface area is 225 Å².